The van der Waals surface area contributed by atoms with Crippen LogP contribution >= 0.6 is 0 Å². The van der Waals surface area contributed by atoms with Gasteiger partial charge in [-0.05, 0) is 29.8 Å². The van der Waals surface area contributed by atoms with Gasteiger partial charge in [0.1, 0.15) is 11.5 Å². The van der Waals surface area contributed by atoms with Crippen LogP contribution in [0.2, 0.25) is 0 Å². The van der Waals surface area contributed by atoms with Crippen LogP contribution in [0.5, 0.6) is 11.5 Å². The predicted octanol–water partition coefficient (Wildman–Crippen LogP) is 2.72. The zero-order valence-electron chi connectivity index (χ0n) is 12.9. The van der Waals surface area contributed by atoms with E-state index in [9.17, 15) is 5.11 Å². The Hall–Kier alpha value is -2.20. The van der Waals surface area contributed by atoms with Crippen LogP contribution in [0, 0.1) is 0 Å². The molecule has 0 aliphatic carbocycles. The van der Waals surface area contributed by atoms with Gasteiger partial charge in [0.2, 0.25) is 0 Å². The number of hydrogen-bond acceptors (Lipinski definition) is 4. The maximum absolute atomic E-state index is 9.55. The summed E-state index contributed by atoms with van der Waals surface area (Å²) < 4.78 is 5.45. The topological polar surface area (TPSA) is 35.9 Å². The Kier molecular flexibility index (Phi) is 4.49. The number of nitrogens with zero attached hydrogens (tertiary/aromatic N) is 2. The Morgan fingerprint density at radius 2 is 1.77 bits per heavy atom. The molecule has 0 atom stereocenters. The van der Waals surface area contributed by atoms with Gasteiger partial charge in [-0.1, -0.05) is 24.3 Å². The number of benzene rings is 2. The molecule has 1 aliphatic rings. The molecule has 0 radical (unpaired) electrons. The van der Waals surface area contributed by atoms with Gasteiger partial charge in [0.05, 0.1) is 12.8 Å². The van der Waals surface area contributed by atoms with Crippen molar-refractivity contribution in [1.29, 1.82) is 0 Å². The number of rotatable bonds is 4. The fraction of sp³-hybridized carbons (Fsp3) is 0.333. The Morgan fingerprint density at radius 1 is 1.00 bits per heavy atom. The molecule has 22 heavy (non-hydrogen) atoms. The van der Waals surface area contributed by atoms with E-state index >= 15 is 0 Å². The van der Waals surface area contributed by atoms with Crippen molar-refractivity contribution in [2.75, 3.05) is 38.2 Å². The van der Waals surface area contributed by atoms with Crippen LogP contribution in [-0.4, -0.2) is 43.3 Å². The minimum absolute atomic E-state index is 0.338. The van der Waals surface area contributed by atoms with E-state index in [-0.39, 0.29) is 0 Å². The van der Waals surface area contributed by atoms with Gasteiger partial charge in [0.25, 0.3) is 0 Å². The summed E-state index contributed by atoms with van der Waals surface area (Å²) in [5.74, 6) is 1.27. The van der Waals surface area contributed by atoms with Crippen LogP contribution in [0.3, 0.4) is 0 Å². The van der Waals surface area contributed by atoms with E-state index in [2.05, 4.69) is 28.0 Å². The second kappa shape index (κ2) is 6.71. The van der Waals surface area contributed by atoms with Gasteiger partial charge >= 0.3 is 0 Å². The first-order valence-corrected chi connectivity index (χ1v) is 7.64. The zero-order valence-corrected chi connectivity index (χ0v) is 12.9. The first-order valence-electron chi connectivity index (χ1n) is 7.64. The standard InChI is InChI=1S/C18H22N2O2/c1-22-18-8-3-2-7-17(18)20-11-9-19(10-12-20)14-15-5-4-6-16(21)13-15/h2-8,13,21H,9-12,14H2,1H3. The minimum atomic E-state index is 0.338. The number of methoxy groups -OCH3 is 1. The van der Waals surface area contributed by atoms with Gasteiger partial charge in [0, 0.05) is 32.7 Å². The second-order valence-electron chi connectivity index (χ2n) is 5.60. The molecule has 0 saturated carbocycles. The van der Waals surface area contributed by atoms with Crippen LogP contribution in [0.4, 0.5) is 5.69 Å². The van der Waals surface area contributed by atoms with Crippen molar-refractivity contribution in [3.63, 3.8) is 0 Å². The lowest BCUT2D eigenvalue weighted by atomic mass is 10.1. The van der Waals surface area contributed by atoms with Crippen molar-refractivity contribution in [1.82, 2.24) is 4.90 Å². The molecule has 3 rings (SSSR count). The maximum atomic E-state index is 9.55. The Morgan fingerprint density at radius 3 is 2.50 bits per heavy atom. The largest absolute Gasteiger partial charge is 0.508 e. The summed E-state index contributed by atoms with van der Waals surface area (Å²) in [6.07, 6.45) is 0. The Labute approximate surface area is 131 Å². The maximum Gasteiger partial charge on any atom is 0.142 e. The molecule has 4 nitrogen and oxygen atoms in total. The molecular weight excluding hydrogens is 276 g/mol. The molecule has 0 bridgehead atoms. The average Bonchev–Trinajstić information content (AvgIpc) is 2.56. The lowest BCUT2D eigenvalue weighted by Crippen LogP contribution is -2.46. The highest BCUT2D eigenvalue weighted by molar-refractivity contribution is 5.58. The molecule has 4 heteroatoms. The van der Waals surface area contributed by atoms with Crippen molar-refractivity contribution in [3.8, 4) is 11.5 Å². The number of piperazine rings is 1. The lowest BCUT2D eigenvalue weighted by Gasteiger charge is -2.36. The molecule has 1 N–H and O–H groups in total. The molecule has 0 spiro atoms. The highest BCUT2D eigenvalue weighted by Crippen LogP contribution is 2.28. The fourth-order valence-corrected chi connectivity index (χ4v) is 2.95. The van der Waals surface area contributed by atoms with Crippen molar-refractivity contribution in [3.05, 3.63) is 54.1 Å². The van der Waals surface area contributed by atoms with Crippen molar-refractivity contribution in [2.24, 2.45) is 0 Å². The van der Waals surface area contributed by atoms with E-state index in [4.69, 9.17) is 4.74 Å². The van der Waals surface area contributed by atoms with E-state index in [0.717, 1.165) is 44.0 Å². The normalized spacial score (nSPS) is 15.8. The molecule has 0 amide bonds. The minimum Gasteiger partial charge on any atom is -0.508 e. The molecule has 2 aromatic rings. The number of para-hydroxylation sites is 2. The first-order chi connectivity index (χ1) is 10.8. The summed E-state index contributed by atoms with van der Waals surface area (Å²) in [6, 6.07) is 15.7. The zero-order chi connectivity index (χ0) is 15.4. The molecule has 1 fully saturated rings. The number of anilines is 1. The van der Waals surface area contributed by atoms with E-state index in [1.807, 2.05) is 24.3 Å². The van der Waals surface area contributed by atoms with E-state index in [0.29, 0.717) is 5.75 Å². The number of phenols is 1. The monoisotopic (exact) mass is 298 g/mol. The van der Waals surface area contributed by atoms with Gasteiger partial charge in [-0.3, -0.25) is 4.90 Å². The van der Waals surface area contributed by atoms with Crippen molar-refractivity contribution < 1.29 is 9.84 Å². The van der Waals surface area contributed by atoms with Crippen LogP contribution in [0.25, 0.3) is 0 Å². The van der Waals surface area contributed by atoms with Crippen molar-refractivity contribution >= 4 is 5.69 Å². The molecule has 116 valence electrons. The molecule has 1 saturated heterocycles. The van der Waals surface area contributed by atoms with Crippen LogP contribution in [0.1, 0.15) is 5.56 Å². The molecular formula is C18H22N2O2. The van der Waals surface area contributed by atoms with Gasteiger partial charge in [-0.15, -0.1) is 0 Å². The van der Waals surface area contributed by atoms with Gasteiger partial charge in [-0.25, -0.2) is 0 Å². The summed E-state index contributed by atoms with van der Waals surface area (Å²) in [5, 5.41) is 9.55. The van der Waals surface area contributed by atoms with E-state index in [1.54, 1.807) is 13.2 Å². The first kappa shape index (κ1) is 14.7. The summed E-state index contributed by atoms with van der Waals surface area (Å²) in [7, 11) is 1.72. The summed E-state index contributed by atoms with van der Waals surface area (Å²) >= 11 is 0. The van der Waals surface area contributed by atoms with E-state index < -0.39 is 0 Å². The Balaban J connectivity index is 1.60. The highest BCUT2D eigenvalue weighted by Gasteiger charge is 2.19. The quantitative estimate of drug-likeness (QED) is 0.941. The van der Waals surface area contributed by atoms with E-state index in [1.165, 1.54) is 5.69 Å². The number of ether oxygens (including phenoxy) is 1. The molecule has 1 aliphatic heterocycles. The third-order valence-corrected chi connectivity index (χ3v) is 4.11. The predicted molar refractivity (Wildman–Crippen MR) is 88.6 cm³/mol. The number of hydrogen-bond donors (Lipinski definition) is 1. The molecule has 0 aromatic heterocycles. The summed E-state index contributed by atoms with van der Waals surface area (Å²) in [4.78, 5) is 4.79. The van der Waals surface area contributed by atoms with Crippen LogP contribution in [-0.2, 0) is 6.54 Å². The number of phenolic OH excluding ortho intramolecular Hbond substituents is 1. The lowest BCUT2D eigenvalue weighted by molar-refractivity contribution is 0.249. The second-order valence-corrected chi connectivity index (χ2v) is 5.60. The van der Waals surface area contributed by atoms with Gasteiger partial charge < -0.3 is 14.7 Å². The summed E-state index contributed by atoms with van der Waals surface area (Å²) in [6.45, 7) is 4.87. The summed E-state index contributed by atoms with van der Waals surface area (Å²) in [5.41, 5.74) is 2.33. The smallest absolute Gasteiger partial charge is 0.142 e. The Bertz CT molecular complexity index is 622. The molecule has 0 unspecified atom stereocenters. The van der Waals surface area contributed by atoms with Crippen molar-refractivity contribution in [2.45, 2.75) is 6.54 Å². The highest BCUT2D eigenvalue weighted by atomic mass is 16.5. The van der Waals surface area contributed by atoms with Crippen LogP contribution in [0.15, 0.2) is 48.5 Å². The third kappa shape index (κ3) is 3.34. The number of aromatic hydroxyl groups is 1. The SMILES string of the molecule is COc1ccccc1N1CCN(Cc2cccc(O)c2)CC1. The van der Waals surface area contributed by atoms with Gasteiger partial charge in [-0.2, -0.15) is 0 Å². The average molecular weight is 298 g/mol. The molecule has 2 aromatic carbocycles. The molecule has 1 heterocycles. The van der Waals surface area contributed by atoms with Gasteiger partial charge in [0.15, 0.2) is 0 Å². The fourth-order valence-electron chi connectivity index (χ4n) is 2.95. The third-order valence-electron chi connectivity index (χ3n) is 4.11. The van der Waals surface area contributed by atoms with Crippen LogP contribution < -0.4 is 9.64 Å².